The Balaban J connectivity index is 1.18. The summed E-state index contributed by atoms with van der Waals surface area (Å²) >= 11 is 0. The summed E-state index contributed by atoms with van der Waals surface area (Å²) in [6, 6.07) is 23.3. The van der Waals surface area contributed by atoms with Crippen molar-refractivity contribution >= 4 is 5.82 Å². The topological polar surface area (TPSA) is 54.6 Å². The lowest BCUT2D eigenvalue weighted by Crippen LogP contribution is -2.47. The van der Waals surface area contributed by atoms with Crippen LogP contribution in [0, 0.1) is 0 Å². The first kappa shape index (κ1) is 24.8. The van der Waals surface area contributed by atoms with E-state index in [4.69, 9.17) is 10.5 Å². The van der Waals surface area contributed by atoms with Gasteiger partial charge in [-0.15, -0.1) is 0 Å². The van der Waals surface area contributed by atoms with Crippen LogP contribution in [0.4, 0.5) is 5.82 Å². The zero-order valence-corrected chi connectivity index (χ0v) is 21.4. The number of pyridine rings is 1. The van der Waals surface area contributed by atoms with Crippen molar-refractivity contribution in [3.63, 3.8) is 0 Å². The van der Waals surface area contributed by atoms with Crippen molar-refractivity contribution in [3.8, 4) is 17.0 Å². The molecule has 2 heterocycles. The van der Waals surface area contributed by atoms with E-state index in [1.807, 2.05) is 18.2 Å². The molecule has 0 radical (unpaired) electrons. The lowest BCUT2D eigenvalue weighted by molar-refractivity contribution is 0.134. The Bertz CT molecular complexity index is 1090. The van der Waals surface area contributed by atoms with Gasteiger partial charge in [-0.25, -0.2) is 4.98 Å². The minimum atomic E-state index is 0.303. The van der Waals surface area contributed by atoms with Crippen molar-refractivity contribution in [2.45, 2.75) is 51.0 Å². The fraction of sp³-hybridized carbons (Fsp3) is 0.452. The van der Waals surface area contributed by atoms with Crippen molar-refractivity contribution in [1.82, 2.24) is 14.8 Å². The number of piperazine rings is 1. The molecule has 2 N–H and O–H groups in total. The SMILES string of the molecule is Nc1cccc(-c2ccc(CCN3CCN(CCc4ccccc4)CC3)cc2OC2CCCCC2)n1. The van der Waals surface area contributed by atoms with E-state index in [1.165, 1.54) is 30.4 Å². The molecule has 190 valence electrons. The third-order valence-corrected chi connectivity index (χ3v) is 7.68. The van der Waals surface area contributed by atoms with Gasteiger partial charge in [0, 0.05) is 44.8 Å². The number of ether oxygens (including phenoxy) is 1. The van der Waals surface area contributed by atoms with E-state index < -0.39 is 0 Å². The summed E-state index contributed by atoms with van der Waals surface area (Å²) in [5, 5.41) is 0. The van der Waals surface area contributed by atoms with Gasteiger partial charge in [-0.2, -0.15) is 0 Å². The highest BCUT2D eigenvalue weighted by atomic mass is 16.5. The zero-order valence-electron chi connectivity index (χ0n) is 21.4. The van der Waals surface area contributed by atoms with Gasteiger partial charge in [0.25, 0.3) is 0 Å². The summed E-state index contributed by atoms with van der Waals surface area (Å²) in [6.07, 6.45) is 8.60. The highest BCUT2D eigenvalue weighted by Gasteiger charge is 2.19. The molecule has 5 nitrogen and oxygen atoms in total. The van der Waals surface area contributed by atoms with Gasteiger partial charge in [-0.3, -0.25) is 0 Å². The number of hydrogen-bond acceptors (Lipinski definition) is 5. The number of anilines is 1. The molecule has 2 aromatic carbocycles. The van der Waals surface area contributed by atoms with E-state index >= 15 is 0 Å². The molecule has 1 aliphatic carbocycles. The average Bonchev–Trinajstić information content (AvgIpc) is 2.93. The van der Waals surface area contributed by atoms with Gasteiger partial charge in [0.1, 0.15) is 11.6 Å². The van der Waals surface area contributed by atoms with Crippen molar-refractivity contribution in [2.75, 3.05) is 45.0 Å². The third-order valence-electron chi connectivity index (χ3n) is 7.68. The maximum absolute atomic E-state index is 6.59. The molecule has 36 heavy (non-hydrogen) atoms. The lowest BCUT2D eigenvalue weighted by Gasteiger charge is -2.34. The molecule has 2 aliphatic rings. The first-order valence-electron chi connectivity index (χ1n) is 13.7. The van der Waals surface area contributed by atoms with Crippen molar-refractivity contribution < 1.29 is 4.74 Å². The maximum atomic E-state index is 6.59. The van der Waals surface area contributed by atoms with Gasteiger partial charge in [-0.05, 0) is 73.9 Å². The number of hydrogen-bond donors (Lipinski definition) is 1. The predicted molar refractivity (Wildman–Crippen MR) is 148 cm³/mol. The second-order valence-electron chi connectivity index (χ2n) is 10.3. The molecule has 5 heteroatoms. The molecule has 2 fully saturated rings. The largest absolute Gasteiger partial charge is 0.490 e. The second-order valence-corrected chi connectivity index (χ2v) is 10.3. The minimum Gasteiger partial charge on any atom is -0.490 e. The number of nitrogens with zero attached hydrogens (tertiary/aromatic N) is 3. The summed E-state index contributed by atoms with van der Waals surface area (Å²) in [5.41, 5.74) is 10.7. The Kier molecular flexibility index (Phi) is 8.52. The predicted octanol–water partition coefficient (Wildman–Crippen LogP) is 5.45. The first-order chi connectivity index (χ1) is 17.7. The van der Waals surface area contributed by atoms with Crippen molar-refractivity contribution in [3.05, 3.63) is 77.9 Å². The normalized spacial score (nSPS) is 17.8. The summed E-state index contributed by atoms with van der Waals surface area (Å²) in [5.74, 6) is 1.51. The molecule has 0 unspecified atom stereocenters. The zero-order chi connectivity index (χ0) is 24.6. The molecule has 0 bridgehead atoms. The van der Waals surface area contributed by atoms with Gasteiger partial charge in [0.05, 0.1) is 11.8 Å². The van der Waals surface area contributed by atoms with Gasteiger partial charge < -0.3 is 20.3 Å². The molecule has 1 saturated heterocycles. The van der Waals surface area contributed by atoms with Gasteiger partial charge >= 0.3 is 0 Å². The average molecular weight is 485 g/mol. The maximum Gasteiger partial charge on any atom is 0.129 e. The molecule has 0 spiro atoms. The second kappa shape index (κ2) is 12.4. The van der Waals surface area contributed by atoms with Crippen LogP contribution in [-0.4, -0.2) is 60.2 Å². The van der Waals surface area contributed by atoms with Crippen LogP contribution in [0.1, 0.15) is 43.2 Å². The molecule has 1 saturated carbocycles. The van der Waals surface area contributed by atoms with Crippen LogP contribution in [0.3, 0.4) is 0 Å². The quantitative estimate of drug-likeness (QED) is 0.438. The molecule has 1 aromatic heterocycles. The molecule has 3 aromatic rings. The highest BCUT2D eigenvalue weighted by Crippen LogP contribution is 2.33. The smallest absolute Gasteiger partial charge is 0.129 e. The minimum absolute atomic E-state index is 0.303. The Hall–Kier alpha value is -2.89. The number of nitrogens with two attached hydrogens (primary N) is 1. The number of rotatable bonds is 9. The van der Waals surface area contributed by atoms with Crippen LogP contribution in [0.2, 0.25) is 0 Å². The summed E-state index contributed by atoms with van der Waals surface area (Å²) in [6.45, 7) is 6.84. The van der Waals surface area contributed by atoms with E-state index in [-0.39, 0.29) is 0 Å². The summed E-state index contributed by atoms with van der Waals surface area (Å²) in [7, 11) is 0. The molecular weight excluding hydrogens is 444 g/mol. The first-order valence-corrected chi connectivity index (χ1v) is 13.7. The van der Waals surface area contributed by atoms with Crippen LogP contribution in [0.15, 0.2) is 66.7 Å². The van der Waals surface area contributed by atoms with Gasteiger partial charge in [-0.1, -0.05) is 48.9 Å². The Labute approximate surface area is 216 Å². The fourth-order valence-electron chi connectivity index (χ4n) is 5.45. The van der Waals surface area contributed by atoms with Crippen LogP contribution in [0.5, 0.6) is 5.75 Å². The number of aromatic nitrogens is 1. The number of nitrogen functional groups attached to an aromatic ring is 1. The van der Waals surface area contributed by atoms with E-state index in [1.54, 1.807) is 0 Å². The Morgan fingerprint density at radius 3 is 2.14 bits per heavy atom. The molecular formula is C31H40N4O. The summed E-state index contributed by atoms with van der Waals surface area (Å²) in [4.78, 5) is 9.78. The van der Waals surface area contributed by atoms with Crippen LogP contribution in [0.25, 0.3) is 11.3 Å². The highest BCUT2D eigenvalue weighted by molar-refractivity contribution is 5.69. The molecule has 5 rings (SSSR count). The van der Waals surface area contributed by atoms with Gasteiger partial charge in [0.2, 0.25) is 0 Å². The van der Waals surface area contributed by atoms with Crippen LogP contribution < -0.4 is 10.5 Å². The summed E-state index contributed by atoms with van der Waals surface area (Å²) < 4.78 is 6.59. The molecule has 1 aliphatic heterocycles. The standard InChI is InChI=1S/C31H40N4O/c32-31-13-7-12-29(33-31)28-15-14-26(24-30(28)36-27-10-5-2-6-11-27)17-19-35-22-20-34(21-23-35)18-16-25-8-3-1-4-9-25/h1,3-4,7-9,12-15,24,27H,2,5-6,10-11,16-23H2,(H2,32,33). The number of benzene rings is 2. The monoisotopic (exact) mass is 484 g/mol. The lowest BCUT2D eigenvalue weighted by atomic mass is 9.97. The van der Waals surface area contributed by atoms with E-state index in [0.717, 1.165) is 82.0 Å². The van der Waals surface area contributed by atoms with Crippen molar-refractivity contribution in [1.29, 1.82) is 0 Å². The Morgan fingerprint density at radius 2 is 1.44 bits per heavy atom. The third kappa shape index (κ3) is 6.86. The fourth-order valence-corrected chi connectivity index (χ4v) is 5.45. The Morgan fingerprint density at radius 1 is 0.750 bits per heavy atom. The van der Waals surface area contributed by atoms with E-state index in [2.05, 4.69) is 63.3 Å². The van der Waals surface area contributed by atoms with E-state index in [0.29, 0.717) is 11.9 Å². The van der Waals surface area contributed by atoms with E-state index in [9.17, 15) is 0 Å². The van der Waals surface area contributed by atoms with Gasteiger partial charge in [0.15, 0.2) is 0 Å². The van der Waals surface area contributed by atoms with Crippen LogP contribution >= 0.6 is 0 Å². The molecule has 0 amide bonds. The van der Waals surface area contributed by atoms with Crippen molar-refractivity contribution in [2.24, 2.45) is 0 Å². The van der Waals surface area contributed by atoms with Crippen LogP contribution in [-0.2, 0) is 12.8 Å². The molecule has 0 atom stereocenters.